The van der Waals surface area contributed by atoms with Crippen LogP contribution in [-0.2, 0) is 29.1 Å². The Bertz CT molecular complexity index is 1130. The fourth-order valence-corrected chi connectivity index (χ4v) is 4.93. The van der Waals surface area contributed by atoms with E-state index < -0.39 is 0 Å². The van der Waals surface area contributed by atoms with Gasteiger partial charge in [0.2, 0.25) is 5.91 Å². The Labute approximate surface area is 201 Å². The van der Waals surface area contributed by atoms with Crippen molar-refractivity contribution in [3.63, 3.8) is 0 Å². The first-order chi connectivity index (χ1) is 16.6. The number of rotatable bonds is 3. The summed E-state index contributed by atoms with van der Waals surface area (Å²) in [6, 6.07) is 8.85. The van der Waals surface area contributed by atoms with E-state index in [0.717, 1.165) is 12.0 Å². The summed E-state index contributed by atoms with van der Waals surface area (Å²) in [6.45, 7) is 2.27. The molecule has 0 radical (unpaired) electrons. The molecule has 3 aromatic rings. The van der Waals surface area contributed by atoms with Gasteiger partial charge in [0, 0.05) is 38.0 Å². The zero-order valence-corrected chi connectivity index (χ0v) is 19.6. The molecule has 1 aromatic carbocycles. The standard InChI is InChI=1S/C24H27N5O4S/c30-23(6-5-17-7-10-34-16-17)28-13-21-22(14-28)33-15-19-12-29(27-26-19)8-2-9-32-20-4-1-3-18(11-20)24(31)25-21/h1,3-4,7,10-12,16,21-22H,2,5-6,8-9,13-15H2,(H,25,31)/t21-,22-/m0/s1. The number of carbonyl (C=O) groups excluding carboxylic acids is 2. The van der Waals surface area contributed by atoms with E-state index in [1.165, 1.54) is 0 Å². The monoisotopic (exact) mass is 481 g/mol. The molecular formula is C24H27N5O4S. The van der Waals surface area contributed by atoms with E-state index in [1.54, 1.807) is 39.1 Å². The zero-order valence-electron chi connectivity index (χ0n) is 18.8. The topological polar surface area (TPSA) is 98.6 Å². The van der Waals surface area contributed by atoms with Crippen molar-refractivity contribution in [3.05, 3.63) is 64.1 Å². The summed E-state index contributed by atoms with van der Waals surface area (Å²) in [6.07, 6.45) is 3.41. The van der Waals surface area contributed by atoms with E-state index in [9.17, 15) is 9.59 Å². The summed E-state index contributed by atoms with van der Waals surface area (Å²) in [5, 5.41) is 15.5. The molecule has 9 nitrogen and oxygen atoms in total. The van der Waals surface area contributed by atoms with Gasteiger partial charge in [-0.25, -0.2) is 0 Å². The highest BCUT2D eigenvalue weighted by Crippen LogP contribution is 2.20. The van der Waals surface area contributed by atoms with Gasteiger partial charge in [0.15, 0.2) is 0 Å². The molecule has 5 rings (SSSR count). The fraction of sp³-hybridized carbons (Fsp3) is 0.417. The molecule has 4 bridgehead atoms. The predicted octanol–water partition coefficient (Wildman–Crippen LogP) is 2.28. The number of nitrogens with zero attached hydrogens (tertiary/aromatic N) is 4. The number of carbonyl (C=O) groups is 2. The van der Waals surface area contributed by atoms with E-state index in [2.05, 4.69) is 21.0 Å². The van der Waals surface area contributed by atoms with Gasteiger partial charge in [-0.2, -0.15) is 11.3 Å². The Morgan fingerprint density at radius 2 is 2.21 bits per heavy atom. The molecule has 2 amide bonds. The number of thiophene rings is 1. The number of likely N-dealkylation sites (tertiary alicyclic amines) is 1. The molecule has 34 heavy (non-hydrogen) atoms. The molecule has 1 saturated heterocycles. The van der Waals surface area contributed by atoms with Gasteiger partial charge in [0.25, 0.3) is 5.91 Å². The lowest BCUT2D eigenvalue weighted by Gasteiger charge is -2.20. The van der Waals surface area contributed by atoms with Crippen LogP contribution in [0.1, 0.15) is 34.5 Å². The van der Waals surface area contributed by atoms with Gasteiger partial charge in [-0.15, -0.1) is 5.10 Å². The van der Waals surface area contributed by atoms with Crippen molar-refractivity contribution >= 4 is 23.2 Å². The first-order valence-electron chi connectivity index (χ1n) is 11.5. The molecule has 10 heteroatoms. The molecule has 2 aromatic heterocycles. The largest absolute Gasteiger partial charge is 0.494 e. The number of nitrogens with one attached hydrogen (secondary N) is 1. The maximum Gasteiger partial charge on any atom is 0.251 e. The summed E-state index contributed by atoms with van der Waals surface area (Å²) >= 11 is 1.63. The predicted molar refractivity (Wildman–Crippen MR) is 126 cm³/mol. The number of aryl methyl sites for hydroxylation is 2. The molecule has 0 unspecified atom stereocenters. The van der Waals surface area contributed by atoms with Crippen molar-refractivity contribution in [3.8, 4) is 5.75 Å². The fourth-order valence-electron chi connectivity index (χ4n) is 4.23. The third-order valence-corrected chi connectivity index (χ3v) is 6.80. The lowest BCUT2D eigenvalue weighted by Crippen LogP contribution is -2.44. The van der Waals surface area contributed by atoms with Gasteiger partial charge in [-0.1, -0.05) is 11.3 Å². The van der Waals surface area contributed by atoms with Gasteiger partial charge < -0.3 is 19.7 Å². The van der Waals surface area contributed by atoms with Crippen LogP contribution in [-0.4, -0.2) is 63.6 Å². The number of ether oxygens (including phenoxy) is 2. The first kappa shape index (κ1) is 22.5. The average molecular weight is 482 g/mol. The van der Waals surface area contributed by atoms with Crippen molar-refractivity contribution in [1.82, 2.24) is 25.2 Å². The highest BCUT2D eigenvalue weighted by Gasteiger charge is 2.37. The Kier molecular flexibility index (Phi) is 6.87. The number of hydrogen-bond acceptors (Lipinski definition) is 7. The minimum atomic E-state index is -0.341. The SMILES string of the molecule is O=C1N[C@H]2CN(C(=O)CCc3ccsc3)C[C@@H]2OCc2cn(nn2)CCCOc2cccc1c2. The summed E-state index contributed by atoms with van der Waals surface area (Å²) in [7, 11) is 0. The van der Waals surface area contributed by atoms with Crippen LogP contribution in [0, 0.1) is 0 Å². The molecule has 178 valence electrons. The first-order valence-corrected chi connectivity index (χ1v) is 12.4. The highest BCUT2D eigenvalue weighted by atomic mass is 32.1. The van der Waals surface area contributed by atoms with E-state index in [-0.39, 0.29) is 30.6 Å². The molecule has 0 saturated carbocycles. The van der Waals surface area contributed by atoms with E-state index in [1.807, 2.05) is 23.7 Å². The third-order valence-electron chi connectivity index (χ3n) is 6.07. The molecule has 4 heterocycles. The second-order valence-electron chi connectivity index (χ2n) is 8.56. The van der Waals surface area contributed by atoms with Crippen LogP contribution in [0.5, 0.6) is 5.75 Å². The smallest absolute Gasteiger partial charge is 0.251 e. The second-order valence-corrected chi connectivity index (χ2v) is 9.34. The maximum atomic E-state index is 13.0. The Balaban J connectivity index is 1.32. The summed E-state index contributed by atoms with van der Waals surface area (Å²) in [5.74, 6) is 0.488. The molecule has 2 aliphatic heterocycles. The summed E-state index contributed by atoms with van der Waals surface area (Å²) in [4.78, 5) is 27.7. The van der Waals surface area contributed by atoms with Crippen LogP contribution < -0.4 is 10.1 Å². The number of amides is 2. The number of fused-ring (bicyclic) bond motifs is 5. The Hall–Kier alpha value is -3.24. The molecular weight excluding hydrogens is 454 g/mol. The minimum absolute atomic E-state index is 0.0591. The van der Waals surface area contributed by atoms with Crippen LogP contribution in [0.4, 0.5) is 0 Å². The molecule has 2 aliphatic rings. The van der Waals surface area contributed by atoms with Crippen molar-refractivity contribution in [2.45, 2.75) is 44.6 Å². The summed E-state index contributed by atoms with van der Waals surface area (Å²) in [5.41, 5.74) is 2.39. The van der Waals surface area contributed by atoms with E-state index in [0.29, 0.717) is 56.1 Å². The van der Waals surface area contributed by atoms with E-state index >= 15 is 0 Å². The molecule has 1 N–H and O–H groups in total. The lowest BCUT2D eigenvalue weighted by molar-refractivity contribution is -0.130. The van der Waals surface area contributed by atoms with Crippen LogP contribution in [0.2, 0.25) is 0 Å². The number of hydrogen-bond donors (Lipinski definition) is 1. The maximum absolute atomic E-state index is 13.0. The molecule has 1 fully saturated rings. The van der Waals surface area contributed by atoms with Gasteiger partial charge in [-0.3, -0.25) is 14.3 Å². The molecule has 2 atom stereocenters. The Morgan fingerprint density at radius 3 is 3.09 bits per heavy atom. The van der Waals surface area contributed by atoms with Crippen LogP contribution >= 0.6 is 11.3 Å². The van der Waals surface area contributed by atoms with Crippen LogP contribution in [0.15, 0.2) is 47.3 Å². The molecule has 0 spiro atoms. The zero-order chi connectivity index (χ0) is 23.3. The third kappa shape index (κ3) is 5.45. The quantitative estimate of drug-likeness (QED) is 0.616. The van der Waals surface area contributed by atoms with Gasteiger partial charge in [-0.05, 0) is 47.0 Å². The van der Waals surface area contributed by atoms with Gasteiger partial charge in [0.05, 0.1) is 31.6 Å². The van der Waals surface area contributed by atoms with Crippen molar-refractivity contribution < 1.29 is 19.1 Å². The van der Waals surface area contributed by atoms with Crippen molar-refractivity contribution in [2.75, 3.05) is 19.7 Å². The molecule has 0 aliphatic carbocycles. The van der Waals surface area contributed by atoms with Crippen LogP contribution in [0.3, 0.4) is 0 Å². The highest BCUT2D eigenvalue weighted by molar-refractivity contribution is 7.07. The Morgan fingerprint density at radius 1 is 1.26 bits per heavy atom. The average Bonchev–Trinajstić information content (AvgIpc) is 3.60. The second kappa shape index (κ2) is 10.4. The minimum Gasteiger partial charge on any atom is -0.494 e. The number of aromatic nitrogens is 3. The van der Waals surface area contributed by atoms with Crippen molar-refractivity contribution in [2.24, 2.45) is 0 Å². The summed E-state index contributed by atoms with van der Waals surface area (Å²) < 4.78 is 13.7. The van der Waals surface area contributed by atoms with Gasteiger partial charge >= 0.3 is 0 Å². The number of benzene rings is 1. The lowest BCUT2D eigenvalue weighted by atomic mass is 10.1. The van der Waals surface area contributed by atoms with Crippen molar-refractivity contribution in [1.29, 1.82) is 0 Å². The normalized spacial score (nSPS) is 20.9. The van der Waals surface area contributed by atoms with Crippen LogP contribution in [0.25, 0.3) is 0 Å². The van der Waals surface area contributed by atoms with Gasteiger partial charge in [0.1, 0.15) is 11.4 Å². The van der Waals surface area contributed by atoms with E-state index in [4.69, 9.17) is 9.47 Å².